The third kappa shape index (κ3) is 5.54. The number of carbonyl (C=O) groups excluding carboxylic acids is 1. The highest BCUT2D eigenvalue weighted by molar-refractivity contribution is 7.99. The van der Waals surface area contributed by atoms with Gasteiger partial charge in [-0.25, -0.2) is 0 Å². The summed E-state index contributed by atoms with van der Waals surface area (Å²) in [5.74, 6) is 1.41. The van der Waals surface area contributed by atoms with Crippen LogP contribution in [0, 0.1) is 0 Å². The van der Waals surface area contributed by atoms with Crippen LogP contribution in [0.25, 0.3) is 0 Å². The Balaban J connectivity index is 1.63. The van der Waals surface area contributed by atoms with Crippen molar-refractivity contribution in [3.8, 4) is 5.75 Å². The lowest BCUT2D eigenvalue weighted by molar-refractivity contribution is 0.102. The molecule has 0 spiro atoms. The number of rotatable bonds is 9. The number of nitrogens with zero attached hydrogens (tertiary/aromatic N) is 2. The molecule has 3 aromatic rings. The first-order chi connectivity index (χ1) is 13.7. The van der Waals surface area contributed by atoms with Crippen molar-refractivity contribution < 1.29 is 14.3 Å². The van der Waals surface area contributed by atoms with Crippen molar-refractivity contribution in [2.24, 2.45) is 0 Å². The lowest BCUT2D eigenvalue weighted by Gasteiger charge is -2.08. The lowest BCUT2D eigenvalue weighted by atomic mass is 10.1. The zero-order valence-corrected chi connectivity index (χ0v) is 17.3. The second kappa shape index (κ2) is 10.2. The SMILES string of the molecule is COCCSc1ccccc1C(=O)Nc1nnc(Cc2ccc(OC)cc2)s1. The maximum Gasteiger partial charge on any atom is 0.258 e. The van der Waals surface area contributed by atoms with Crippen LogP contribution in [0.15, 0.2) is 53.4 Å². The molecule has 0 bridgehead atoms. The number of ether oxygens (including phenoxy) is 2. The summed E-state index contributed by atoms with van der Waals surface area (Å²) in [5.41, 5.74) is 1.73. The molecule has 1 heterocycles. The number of nitrogens with one attached hydrogen (secondary N) is 1. The fourth-order valence-electron chi connectivity index (χ4n) is 2.47. The number of hydrogen-bond donors (Lipinski definition) is 1. The second-order valence-corrected chi connectivity index (χ2v) is 8.02. The van der Waals surface area contributed by atoms with E-state index in [0.717, 1.165) is 27.0 Å². The van der Waals surface area contributed by atoms with Crippen molar-refractivity contribution in [2.75, 3.05) is 31.9 Å². The van der Waals surface area contributed by atoms with Gasteiger partial charge in [-0.15, -0.1) is 22.0 Å². The maximum atomic E-state index is 12.7. The molecule has 3 rings (SSSR count). The fourth-order valence-corrected chi connectivity index (χ4v) is 4.20. The van der Waals surface area contributed by atoms with Gasteiger partial charge < -0.3 is 9.47 Å². The van der Waals surface area contributed by atoms with Gasteiger partial charge in [0.05, 0.1) is 19.3 Å². The Morgan fingerprint density at radius 3 is 2.64 bits per heavy atom. The van der Waals surface area contributed by atoms with Gasteiger partial charge in [0.15, 0.2) is 0 Å². The molecule has 0 aliphatic rings. The Labute approximate surface area is 172 Å². The van der Waals surface area contributed by atoms with Crippen LogP contribution in [0.4, 0.5) is 5.13 Å². The van der Waals surface area contributed by atoms with Gasteiger partial charge in [-0.2, -0.15) is 0 Å². The Bertz CT molecular complexity index is 913. The van der Waals surface area contributed by atoms with Gasteiger partial charge in [-0.05, 0) is 29.8 Å². The summed E-state index contributed by atoms with van der Waals surface area (Å²) in [5, 5.41) is 12.5. The number of methoxy groups -OCH3 is 2. The number of amides is 1. The molecule has 146 valence electrons. The second-order valence-electron chi connectivity index (χ2n) is 5.82. The molecule has 0 saturated carbocycles. The van der Waals surface area contributed by atoms with Crippen molar-refractivity contribution >= 4 is 34.1 Å². The summed E-state index contributed by atoms with van der Waals surface area (Å²) in [6, 6.07) is 15.3. The van der Waals surface area contributed by atoms with Crippen molar-refractivity contribution in [1.82, 2.24) is 10.2 Å². The molecule has 28 heavy (non-hydrogen) atoms. The molecule has 0 aliphatic heterocycles. The molecule has 2 aromatic carbocycles. The van der Waals surface area contributed by atoms with E-state index in [1.807, 2.05) is 48.5 Å². The number of thioether (sulfide) groups is 1. The van der Waals surface area contributed by atoms with E-state index in [0.29, 0.717) is 23.7 Å². The number of hydrogen-bond acceptors (Lipinski definition) is 7. The van der Waals surface area contributed by atoms with Gasteiger partial charge in [0.1, 0.15) is 10.8 Å². The van der Waals surface area contributed by atoms with Crippen LogP contribution in [0.1, 0.15) is 20.9 Å². The molecule has 0 unspecified atom stereocenters. The summed E-state index contributed by atoms with van der Waals surface area (Å²) in [4.78, 5) is 13.6. The van der Waals surface area contributed by atoms with Gasteiger partial charge in [0, 0.05) is 24.2 Å². The lowest BCUT2D eigenvalue weighted by Crippen LogP contribution is -2.13. The van der Waals surface area contributed by atoms with Crippen LogP contribution in [0.5, 0.6) is 5.75 Å². The van der Waals surface area contributed by atoms with Crippen molar-refractivity contribution in [2.45, 2.75) is 11.3 Å². The molecular weight excluding hydrogens is 394 g/mol. The predicted molar refractivity (Wildman–Crippen MR) is 113 cm³/mol. The zero-order valence-electron chi connectivity index (χ0n) is 15.7. The van der Waals surface area contributed by atoms with Crippen LogP contribution in [0.2, 0.25) is 0 Å². The van der Waals surface area contributed by atoms with E-state index >= 15 is 0 Å². The molecule has 6 nitrogen and oxygen atoms in total. The summed E-state index contributed by atoms with van der Waals surface area (Å²) < 4.78 is 10.2. The predicted octanol–water partition coefficient (Wildman–Crippen LogP) is 4.13. The van der Waals surface area contributed by atoms with Crippen LogP contribution in [-0.4, -0.2) is 42.7 Å². The Hall–Kier alpha value is -2.42. The van der Waals surface area contributed by atoms with Crippen molar-refractivity contribution in [3.05, 3.63) is 64.7 Å². The van der Waals surface area contributed by atoms with E-state index < -0.39 is 0 Å². The van der Waals surface area contributed by atoms with E-state index in [1.165, 1.54) is 11.3 Å². The van der Waals surface area contributed by atoms with E-state index in [2.05, 4.69) is 15.5 Å². The van der Waals surface area contributed by atoms with Crippen LogP contribution >= 0.6 is 23.1 Å². The number of anilines is 1. The molecule has 0 saturated heterocycles. The highest BCUT2D eigenvalue weighted by Crippen LogP contribution is 2.25. The minimum Gasteiger partial charge on any atom is -0.497 e. The highest BCUT2D eigenvalue weighted by atomic mass is 32.2. The molecule has 8 heteroatoms. The molecule has 0 fully saturated rings. The smallest absolute Gasteiger partial charge is 0.258 e. The summed E-state index contributed by atoms with van der Waals surface area (Å²) in [6.45, 7) is 0.631. The quantitative estimate of drug-likeness (QED) is 0.418. The van der Waals surface area contributed by atoms with Crippen molar-refractivity contribution in [1.29, 1.82) is 0 Å². The standard InChI is InChI=1S/C20H21N3O3S2/c1-25-11-12-27-17-6-4-3-5-16(17)19(24)21-20-23-22-18(28-20)13-14-7-9-15(26-2)10-8-14/h3-10H,11-13H2,1-2H3,(H,21,23,24). The van der Waals surface area contributed by atoms with E-state index in [-0.39, 0.29) is 5.91 Å². The third-order valence-corrected chi connectivity index (χ3v) is 5.75. The summed E-state index contributed by atoms with van der Waals surface area (Å²) in [7, 11) is 3.31. The largest absolute Gasteiger partial charge is 0.497 e. The molecule has 1 amide bonds. The molecule has 1 N–H and O–H groups in total. The molecular formula is C20H21N3O3S2. The monoisotopic (exact) mass is 415 g/mol. The minimum atomic E-state index is -0.187. The van der Waals surface area contributed by atoms with E-state index in [1.54, 1.807) is 26.0 Å². The average molecular weight is 416 g/mol. The average Bonchev–Trinajstić information content (AvgIpc) is 3.16. The van der Waals surface area contributed by atoms with Gasteiger partial charge in [-0.3, -0.25) is 10.1 Å². The summed E-state index contributed by atoms with van der Waals surface area (Å²) in [6.07, 6.45) is 0.654. The first kappa shape index (κ1) is 20.3. The topological polar surface area (TPSA) is 73.3 Å². The van der Waals surface area contributed by atoms with Gasteiger partial charge >= 0.3 is 0 Å². The van der Waals surface area contributed by atoms with Crippen LogP contribution < -0.4 is 10.1 Å². The Kier molecular flexibility index (Phi) is 7.41. The zero-order chi connectivity index (χ0) is 19.8. The number of aromatic nitrogens is 2. The molecule has 0 radical (unpaired) electrons. The van der Waals surface area contributed by atoms with Gasteiger partial charge in [-0.1, -0.05) is 35.6 Å². The number of carbonyl (C=O) groups is 1. The van der Waals surface area contributed by atoms with Gasteiger partial charge in [0.2, 0.25) is 5.13 Å². The van der Waals surface area contributed by atoms with Crippen molar-refractivity contribution in [3.63, 3.8) is 0 Å². The Morgan fingerprint density at radius 1 is 1.11 bits per heavy atom. The van der Waals surface area contributed by atoms with Crippen LogP contribution in [0.3, 0.4) is 0 Å². The van der Waals surface area contributed by atoms with Crippen LogP contribution in [-0.2, 0) is 11.2 Å². The highest BCUT2D eigenvalue weighted by Gasteiger charge is 2.14. The first-order valence-corrected chi connectivity index (χ1v) is 10.5. The van der Waals surface area contributed by atoms with Gasteiger partial charge in [0.25, 0.3) is 5.91 Å². The van der Waals surface area contributed by atoms with E-state index in [4.69, 9.17) is 9.47 Å². The maximum absolute atomic E-state index is 12.7. The molecule has 1 aromatic heterocycles. The Morgan fingerprint density at radius 2 is 1.89 bits per heavy atom. The third-order valence-electron chi connectivity index (χ3n) is 3.88. The summed E-state index contributed by atoms with van der Waals surface area (Å²) >= 11 is 2.97. The normalized spacial score (nSPS) is 10.6. The fraction of sp³-hybridized carbons (Fsp3) is 0.250. The molecule has 0 aliphatic carbocycles. The van der Waals surface area contributed by atoms with E-state index in [9.17, 15) is 4.79 Å². The minimum absolute atomic E-state index is 0.187. The first-order valence-electron chi connectivity index (χ1n) is 8.67. The molecule has 0 atom stereocenters. The number of benzene rings is 2.